The van der Waals surface area contributed by atoms with Crippen molar-refractivity contribution >= 4 is 33.3 Å². The van der Waals surface area contributed by atoms with Crippen LogP contribution in [0.15, 0.2) is 35.2 Å². The van der Waals surface area contributed by atoms with Gasteiger partial charge in [0, 0.05) is 5.02 Å². The molecule has 0 spiro atoms. The summed E-state index contributed by atoms with van der Waals surface area (Å²) >= 11 is 5.82. The van der Waals surface area contributed by atoms with E-state index >= 15 is 0 Å². The van der Waals surface area contributed by atoms with Crippen molar-refractivity contribution in [1.29, 1.82) is 5.26 Å². The molecule has 0 aromatic heterocycles. The van der Waals surface area contributed by atoms with Gasteiger partial charge in [0.2, 0.25) is 0 Å². The molecule has 0 heterocycles. The molecule has 0 aliphatic rings. The molecule has 0 aliphatic heterocycles. The molecule has 0 bridgehead atoms. The van der Waals surface area contributed by atoms with Gasteiger partial charge in [-0.3, -0.25) is 4.72 Å². The van der Waals surface area contributed by atoms with Gasteiger partial charge in [-0.15, -0.1) is 0 Å². The molecule has 2 aromatic carbocycles. The highest BCUT2D eigenvalue weighted by Crippen LogP contribution is 2.28. The first-order valence-electron chi connectivity index (χ1n) is 6.72. The number of halogens is 1. The summed E-state index contributed by atoms with van der Waals surface area (Å²) in [6, 6.07) is 8.65. The molecule has 0 saturated heterocycles. The second kappa shape index (κ2) is 6.51. The Morgan fingerprint density at radius 2 is 1.92 bits per heavy atom. The van der Waals surface area contributed by atoms with Crippen LogP contribution >= 0.6 is 11.6 Å². The molecule has 0 unspecified atom stereocenters. The summed E-state index contributed by atoms with van der Waals surface area (Å²) in [5.74, 6) is -1.26. The number of rotatable bonds is 4. The maximum Gasteiger partial charge on any atom is 0.337 e. The molecule has 2 rings (SSSR count). The predicted molar refractivity (Wildman–Crippen MR) is 89.9 cm³/mol. The molecule has 6 nitrogen and oxygen atoms in total. The van der Waals surface area contributed by atoms with Crippen molar-refractivity contribution in [3.63, 3.8) is 0 Å². The largest absolute Gasteiger partial charge is 0.478 e. The van der Waals surface area contributed by atoms with Crippen LogP contribution in [0, 0.1) is 25.2 Å². The Hall–Kier alpha value is -2.56. The molecule has 0 saturated carbocycles. The van der Waals surface area contributed by atoms with E-state index in [-0.39, 0.29) is 26.7 Å². The van der Waals surface area contributed by atoms with Crippen LogP contribution in [-0.2, 0) is 10.0 Å². The third-order valence-electron chi connectivity index (χ3n) is 3.30. The van der Waals surface area contributed by atoms with E-state index in [0.29, 0.717) is 11.1 Å². The van der Waals surface area contributed by atoms with Crippen molar-refractivity contribution in [2.45, 2.75) is 18.7 Å². The summed E-state index contributed by atoms with van der Waals surface area (Å²) in [7, 11) is -4.19. The number of carboxylic acids is 1. The highest BCUT2D eigenvalue weighted by molar-refractivity contribution is 7.92. The zero-order chi connectivity index (χ0) is 18.1. The molecule has 2 N–H and O–H groups in total. The number of anilines is 1. The van der Waals surface area contributed by atoms with Crippen molar-refractivity contribution in [3.05, 3.63) is 57.6 Å². The molecule has 0 aliphatic carbocycles. The van der Waals surface area contributed by atoms with E-state index in [1.807, 2.05) is 0 Å². The molecule has 8 heteroatoms. The Labute approximate surface area is 144 Å². The molecule has 24 heavy (non-hydrogen) atoms. The number of hydrogen-bond donors (Lipinski definition) is 2. The van der Waals surface area contributed by atoms with Crippen molar-refractivity contribution in [2.75, 3.05) is 4.72 Å². The zero-order valence-corrected chi connectivity index (χ0v) is 14.4. The highest BCUT2D eigenvalue weighted by Gasteiger charge is 2.23. The van der Waals surface area contributed by atoms with Gasteiger partial charge >= 0.3 is 5.97 Å². The highest BCUT2D eigenvalue weighted by atomic mass is 35.5. The topological polar surface area (TPSA) is 107 Å². The van der Waals surface area contributed by atoms with Crippen LogP contribution in [0.5, 0.6) is 0 Å². The quantitative estimate of drug-likeness (QED) is 0.865. The number of carbonyl (C=O) groups is 1. The number of aromatic carboxylic acids is 1. The van der Waals surface area contributed by atoms with Gasteiger partial charge in [-0.1, -0.05) is 17.7 Å². The number of nitrogens with one attached hydrogen (secondary N) is 1. The van der Waals surface area contributed by atoms with E-state index in [1.165, 1.54) is 18.2 Å². The molecular formula is C16H13ClN2O4S. The van der Waals surface area contributed by atoms with Crippen LogP contribution in [0.1, 0.15) is 27.0 Å². The first kappa shape index (κ1) is 17.8. The molecule has 2 aromatic rings. The van der Waals surface area contributed by atoms with Crippen molar-refractivity contribution in [3.8, 4) is 6.07 Å². The van der Waals surface area contributed by atoms with Gasteiger partial charge < -0.3 is 5.11 Å². The van der Waals surface area contributed by atoms with Crippen molar-refractivity contribution < 1.29 is 18.3 Å². The summed E-state index contributed by atoms with van der Waals surface area (Å²) in [4.78, 5) is 11.1. The lowest BCUT2D eigenvalue weighted by molar-refractivity contribution is 0.0698. The number of sulfonamides is 1. The summed E-state index contributed by atoms with van der Waals surface area (Å²) in [5, 5.41) is 18.6. The van der Waals surface area contributed by atoms with Crippen LogP contribution in [0.4, 0.5) is 5.69 Å². The van der Waals surface area contributed by atoms with Crippen LogP contribution in [0.3, 0.4) is 0 Å². The van der Waals surface area contributed by atoms with E-state index in [2.05, 4.69) is 4.72 Å². The van der Waals surface area contributed by atoms with Gasteiger partial charge in [0.15, 0.2) is 0 Å². The normalized spacial score (nSPS) is 10.9. The third kappa shape index (κ3) is 3.50. The number of nitrogens with zero attached hydrogens (tertiary/aromatic N) is 1. The fraction of sp³-hybridized carbons (Fsp3) is 0.125. The van der Waals surface area contributed by atoms with Crippen molar-refractivity contribution in [1.82, 2.24) is 0 Å². The maximum absolute atomic E-state index is 12.6. The molecule has 0 fully saturated rings. The lowest BCUT2D eigenvalue weighted by Gasteiger charge is -2.15. The predicted octanol–water partition coefficient (Wildman–Crippen LogP) is 3.33. The van der Waals surface area contributed by atoms with E-state index in [0.717, 1.165) is 6.07 Å². The Morgan fingerprint density at radius 3 is 2.50 bits per heavy atom. The summed E-state index contributed by atoms with van der Waals surface area (Å²) in [6.45, 7) is 3.31. The van der Waals surface area contributed by atoms with Gasteiger partial charge in [0.25, 0.3) is 10.0 Å². The number of carboxylic acid groups (broad SMARTS) is 1. The summed E-state index contributed by atoms with van der Waals surface area (Å²) in [5.41, 5.74) is 0.840. The minimum absolute atomic E-state index is 0.0445. The summed E-state index contributed by atoms with van der Waals surface area (Å²) in [6.07, 6.45) is 0. The zero-order valence-electron chi connectivity index (χ0n) is 12.8. The lowest BCUT2D eigenvalue weighted by Crippen LogP contribution is -2.18. The first-order chi connectivity index (χ1) is 11.2. The van der Waals surface area contributed by atoms with Crippen molar-refractivity contribution in [2.24, 2.45) is 0 Å². The molecular weight excluding hydrogens is 352 g/mol. The van der Waals surface area contributed by atoms with E-state index in [1.54, 1.807) is 26.0 Å². The van der Waals surface area contributed by atoms with Crippen LogP contribution in [0.2, 0.25) is 5.02 Å². The monoisotopic (exact) mass is 364 g/mol. The average molecular weight is 365 g/mol. The molecule has 0 amide bonds. The molecule has 0 radical (unpaired) electrons. The van der Waals surface area contributed by atoms with Gasteiger partial charge in [0.05, 0.1) is 16.8 Å². The average Bonchev–Trinajstić information content (AvgIpc) is 2.49. The van der Waals surface area contributed by atoms with Crippen LogP contribution < -0.4 is 4.72 Å². The smallest absolute Gasteiger partial charge is 0.337 e. The number of hydrogen-bond acceptors (Lipinski definition) is 4. The fourth-order valence-electron chi connectivity index (χ4n) is 2.27. The number of aryl methyl sites for hydroxylation is 2. The summed E-state index contributed by atoms with van der Waals surface area (Å²) < 4.78 is 27.5. The van der Waals surface area contributed by atoms with Gasteiger partial charge in [0.1, 0.15) is 11.0 Å². The Morgan fingerprint density at radius 1 is 1.25 bits per heavy atom. The minimum Gasteiger partial charge on any atom is -0.478 e. The van der Waals surface area contributed by atoms with E-state index < -0.39 is 16.0 Å². The Kier molecular flexibility index (Phi) is 4.83. The second-order valence-corrected chi connectivity index (χ2v) is 7.25. The lowest BCUT2D eigenvalue weighted by atomic mass is 10.0. The Balaban J connectivity index is 2.62. The SMILES string of the molecule is Cc1cc(C)c(NS(=O)(=O)c2cc(Cl)ccc2C#N)c(C(=O)O)c1. The van der Waals surface area contributed by atoms with Crippen LogP contribution in [0.25, 0.3) is 0 Å². The van der Waals surface area contributed by atoms with Gasteiger partial charge in [-0.25, -0.2) is 13.2 Å². The van der Waals surface area contributed by atoms with Crippen LogP contribution in [-0.4, -0.2) is 19.5 Å². The number of benzene rings is 2. The maximum atomic E-state index is 12.6. The number of nitriles is 1. The molecule has 124 valence electrons. The van der Waals surface area contributed by atoms with E-state index in [9.17, 15) is 18.3 Å². The minimum atomic E-state index is -4.19. The van der Waals surface area contributed by atoms with Gasteiger partial charge in [-0.2, -0.15) is 5.26 Å². The third-order valence-corrected chi connectivity index (χ3v) is 4.93. The second-order valence-electron chi connectivity index (χ2n) is 5.17. The standard InChI is InChI=1S/C16H13ClN2O4S/c1-9-5-10(2)15(13(6-9)16(20)21)19-24(22,23)14-7-12(17)4-3-11(14)8-18/h3-7,19H,1-2H3,(H,20,21). The Bertz CT molecular complexity index is 978. The fourth-order valence-corrected chi connectivity index (χ4v) is 3.84. The van der Waals surface area contributed by atoms with Gasteiger partial charge in [-0.05, 0) is 49.2 Å². The first-order valence-corrected chi connectivity index (χ1v) is 8.59. The molecule has 0 atom stereocenters. The van der Waals surface area contributed by atoms with E-state index in [4.69, 9.17) is 16.9 Å².